The molecule has 0 unspecified atom stereocenters. The Morgan fingerprint density at radius 3 is 1.17 bits per heavy atom. The molecule has 98 heavy (non-hydrogen) atoms. The number of para-hydroxylation sites is 3. The largest absolute Gasteiger partial charge is 1.00 e. The predicted octanol–water partition coefficient (Wildman–Crippen LogP) is 10.1. The summed E-state index contributed by atoms with van der Waals surface area (Å²) >= 11 is 0. The first kappa shape index (κ1) is 82.5. The number of nitrogens with one attached hydrogen (secondary N) is 5. The Bertz CT molecular complexity index is 4710. The van der Waals surface area contributed by atoms with Gasteiger partial charge >= 0.3 is 53.4 Å². The molecule has 0 aliphatic carbocycles. The summed E-state index contributed by atoms with van der Waals surface area (Å²) < 4.78 is 10.7. The number of hydrogen-bond donors (Lipinski definition) is 10. The van der Waals surface area contributed by atoms with Crippen LogP contribution in [-0.2, 0) is 46.9 Å². The number of carboxylic acid groups (broad SMARTS) is 2. The van der Waals surface area contributed by atoms with Gasteiger partial charge in [-0.05, 0) is 129 Å². The van der Waals surface area contributed by atoms with Gasteiger partial charge < -0.3 is 66.7 Å². The Morgan fingerprint density at radius 2 is 0.806 bits per heavy atom. The number of anilines is 3. The zero-order valence-electron chi connectivity index (χ0n) is 56.9. The Labute approximate surface area is 591 Å². The Hall–Kier alpha value is -9.71. The van der Waals surface area contributed by atoms with Crippen molar-refractivity contribution in [3.05, 3.63) is 209 Å². The summed E-state index contributed by atoms with van der Waals surface area (Å²) in [5, 5.41) is 42.7. The number of aromatic amines is 3. The predicted molar refractivity (Wildman–Crippen MR) is 380 cm³/mol. The Morgan fingerprint density at radius 1 is 0.480 bits per heavy atom. The molecule has 5 heterocycles. The van der Waals surface area contributed by atoms with Crippen LogP contribution in [0.25, 0.3) is 32.7 Å². The van der Waals surface area contributed by atoms with Gasteiger partial charge in [0.25, 0.3) is 11.8 Å². The monoisotopic (exact) mass is 1350 g/mol. The van der Waals surface area contributed by atoms with Crippen molar-refractivity contribution in [3.8, 4) is 17.2 Å². The van der Waals surface area contributed by atoms with Gasteiger partial charge in [0.05, 0.1) is 16.2 Å². The SMILES string of the molecule is C.C.CC(C)(C)c1cc(C(C)(C)C(=O)O)c(O)cc1NC(=O)c1c[nH]c2ccccc2c1=O.CC(C)(C)c1cc2c(cc1N)OC(=O)C2(C)C.CC(C)(C)c1cc2c(cc1NC(=O)c1c[nH]c3ccccc3c1=O)OC(=O)C2(C)C.CO.O=C(O)c1c[nH]c2ccccc2c1=O.[Na+].[OH-]. The van der Waals surface area contributed by atoms with Crippen molar-refractivity contribution in [1.82, 2.24) is 15.0 Å². The molecule has 22 nitrogen and oxygen atoms in total. The number of aromatic carboxylic acids is 1. The van der Waals surface area contributed by atoms with Gasteiger partial charge in [0.2, 0.25) is 16.3 Å². The molecular weight excluding hydrogens is 1260 g/mol. The van der Waals surface area contributed by atoms with Gasteiger partial charge in [-0.25, -0.2) is 4.79 Å². The summed E-state index contributed by atoms with van der Waals surface area (Å²) in [5.41, 5.74) is 9.02. The molecule has 3 aromatic heterocycles. The number of aliphatic hydroxyl groups is 1. The van der Waals surface area contributed by atoms with Crippen molar-refractivity contribution in [1.29, 1.82) is 0 Å². The third-order valence-electron chi connectivity index (χ3n) is 16.4. The summed E-state index contributed by atoms with van der Waals surface area (Å²) in [5.74, 6) is -3.18. The summed E-state index contributed by atoms with van der Waals surface area (Å²) in [4.78, 5) is 118. The van der Waals surface area contributed by atoms with Gasteiger partial charge in [0.1, 0.15) is 33.9 Å². The average molecular weight is 1350 g/mol. The number of aromatic hydroxyl groups is 1. The quantitative estimate of drug-likeness (QED) is 0.0307. The number of fused-ring (bicyclic) bond motifs is 5. The number of carbonyl (C=O) groups excluding carboxylic acids is 4. The maximum absolute atomic E-state index is 13.0. The fourth-order valence-corrected chi connectivity index (χ4v) is 10.7. The van der Waals surface area contributed by atoms with Crippen LogP contribution in [0, 0.1) is 0 Å². The third kappa shape index (κ3) is 17.0. The number of hydrogen-bond acceptors (Lipinski definition) is 15. The first-order valence-corrected chi connectivity index (χ1v) is 30.0. The van der Waals surface area contributed by atoms with Crippen molar-refractivity contribution in [3.63, 3.8) is 0 Å². The fourth-order valence-electron chi connectivity index (χ4n) is 10.7. The molecule has 0 saturated carbocycles. The van der Waals surface area contributed by atoms with Gasteiger partial charge in [-0.2, -0.15) is 0 Å². The topological polar surface area (TPSA) is 380 Å². The van der Waals surface area contributed by atoms with E-state index in [0.29, 0.717) is 66.8 Å². The van der Waals surface area contributed by atoms with Crippen LogP contribution in [0.4, 0.5) is 17.1 Å². The number of nitrogens with two attached hydrogens (primary N) is 1. The zero-order valence-corrected chi connectivity index (χ0v) is 58.9. The number of carboxylic acids is 2. The summed E-state index contributed by atoms with van der Waals surface area (Å²) in [6.45, 7) is 28.5. The molecule has 9 aromatic rings. The summed E-state index contributed by atoms with van der Waals surface area (Å²) in [6, 6.07) is 31.0. The minimum atomic E-state index is -1.33. The Balaban J connectivity index is 0.000000347. The molecule has 516 valence electrons. The number of H-pyrrole nitrogens is 3. The molecule has 0 radical (unpaired) electrons. The van der Waals surface area contributed by atoms with E-state index in [-0.39, 0.29) is 106 Å². The second kappa shape index (κ2) is 31.2. The van der Waals surface area contributed by atoms with Crippen molar-refractivity contribution in [2.75, 3.05) is 23.5 Å². The van der Waals surface area contributed by atoms with Crippen LogP contribution in [-0.4, -0.2) is 83.7 Å². The molecule has 0 spiro atoms. The molecule has 0 saturated heterocycles. The number of rotatable bonds is 7. The number of phenolic OH excluding ortho intramolecular Hbond substituents is 1. The van der Waals surface area contributed by atoms with Crippen LogP contribution in [0.5, 0.6) is 17.2 Å². The van der Waals surface area contributed by atoms with E-state index in [1.807, 2.05) is 87.4 Å². The number of benzene rings is 6. The second-order valence-electron chi connectivity index (χ2n) is 27.4. The normalized spacial score (nSPS) is 13.0. The van der Waals surface area contributed by atoms with Crippen LogP contribution >= 0.6 is 0 Å². The number of pyridine rings is 3. The number of carbonyl (C=O) groups is 6. The molecule has 6 aromatic carbocycles. The van der Waals surface area contributed by atoms with E-state index < -0.39 is 56.3 Å². The molecule has 2 amide bonds. The summed E-state index contributed by atoms with van der Waals surface area (Å²) in [7, 11) is 1.00. The van der Waals surface area contributed by atoms with Crippen LogP contribution in [0.2, 0.25) is 0 Å². The number of aliphatic hydroxyl groups excluding tert-OH is 1. The van der Waals surface area contributed by atoms with Crippen LogP contribution < -0.4 is 71.7 Å². The number of phenols is 1. The van der Waals surface area contributed by atoms with E-state index in [9.17, 15) is 53.4 Å². The first-order valence-electron chi connectivity index (χ1n) is 30.0. The van der Waals surface area contributed by atoms with Crippen LogP contribution in [0.1, 0.15) is 183 Å². The molecular formula is C75H89N6NaO16. The smallest absolute Gasteiger partial charge is 0.870 e. The van der Waals surface area contributed by atoms with Crippen molar-refractivity contribution in [2.24, 2.45) is 0 Å². The number of amides is 2. The minimum absolute atomic E-state index is 0. The summed E-state index contributed by atoms with van der Waals surface area (Å²) in [6.07, 6.45) is 4.00. The molecule has 23 heteroatoms. The van der Waals surface area contributed by atoms with Crippen LogP contribution in [0.15, 0.2) is 142 Å². The van der Waals surface area contributed by atoms with Crippen molar-refractivity contribution < 1.29 is 93.7 Å². The maximum atomic E-state index is 13.0. The van der Waals surface area contributed by atoms with Crippen molar-refractivity contribution in [2.45, 2.75) is 151 Å². The van der Waals surface area contributed by atoms with Gasteiger partial charge in [-0.1, -0.05) is 114 Å². The van der Waals surface area contributed by atoms with E-state index in [1.54, 1.807) is 84.9 Å². The minimum Gasteiger partial charge on any atom is -0.870 e. The average Bonchev–Trinajstić information content (AvgIpc) is 1.60. The fraction of sp³-hybridized carbons (Fsp3) is 0.320. The number of esters is 2. The van der Waals surface area contributed by atoms with Crippen LogP contribution in [0.3, 0.4) is 0 Å². The molecule has 0 fully saturated rings. The molecule has 0 bridgehead atoms. The molecule has 0 atom stereocenters. The first-order chi connectivity index (χ1) is 43.7. The maximum Gasteiger partial charge on any atom is 1.00 e. The van der Waals surface area contributed by atoms with E-state index in [4.69, 9.17) is 25.4 Å². The second-order valence-corrected chi connectivity index (χ2v) is 27.4. The molecule has 11 rings (SSSR count). The van der Waals surface area contributed by atoms with E-state index in [0.717, 1.165) is 29.4 Å². The number of nitrogen functional groups attached to an aromatic ring is 1. The van der Waals surface area contributed by atoms with Gasteiger partial charge in [-0.15, -0.1) is 0 Å². The zero-order chi connectivity index (χ0) is 70.1. The Kier molecular flexibility index (Phi) is 26.3. The van der Waals surface area contributed by atoms with Gasteiger partial charge in [0, 0.05) is 110 Å². The van der Waals surface area contributed by atoms with Gasteiger partial charge in [0.15, 0.2) is 0 Å². The third-order valence-corrected chi connectivity index (χ3v) is 16.4. The molecule has 2 aliphatic heterocycles. The van der Waals surface area contributed by atoms with E-state index in [2.05, 4.69) is 46.4 Å². The van der Waals surface area contributed by atoms with Crippen molar-refractivity contribution >= 4 is 85.5 Å². The number of aliphatic carboxylic acids is 1. The van der Waals surface area contributed by atoms with E-state index in [1.165, 1.54) is 38.5 Å². The number of aromatic nitrogens is 3. The number of ether oxygens (including phenoxy) is 2. The molecule has 2 aliphatic rings. The standard InChI is InChI=1S/C24H26N2O5.C24H24N2O4.C14H19NO2.C10H7NO3.CH4O.2CH4.Na.H2O/c1-23(2,3)15-10-16(24(4,5)22(30)31)19(27)11-18(15)26-21(29)14-12-25-17-9-7-6-8-13(17)20(14)28;1-23(2,3)15-10-16-19(30-22(29)24(16,4)5)11-18(15)26-21(28)14-12-25-17-9-7-6-8-13(17)20(14)27;1-13(2,3)8-6-9-11(7-10(8)15)17-12(16)14(9,4)5;12-9-6-3-1-2-4-8(6)11-5-7(9)10(13)14;1-2;;;;/h6-12,27H,1-5H3,(H,25,28)(H,26,29)(H,30,31);6-12H,1-5H3,(H,25,27)(H,26,28);6-7H,15H2,1-5H3;1-5H,(H,11,12)(H,13,14);2H,1H3;2*1H4;;1H2/q;;;;;;;+1;/p-1. The van der Waals surface area contributed by atoms with E-state index >= 15 is 0 Å². The molecule has 12 N–H and O–H groups in total. The van der Waals surface area contributed by atoms with Gasteiger partial charge in [-0.3, -0.25) is 38.4 Å².